The normalized spacial score (nSPS) is 10.3. The summed E-state index contributed by atoms with van der Waals surface area (Å²) in [6.45, 7) is 5.69. The number of amides is 1. The lowest BCUT2D eigenvalue weighted by Gasteiger charge is -2.16. The van der Waals surface area contributed by atoms with Crippen LogP contribution in [0.5, 0.6) is 0 Å². The highest BCUT2D eigenvalue weighted by Crippen LogP contribution is 2.22. The summed E-state index contributed by atoms with van der Waals surface area (Å²) in [5, 5.41) is 0. The second kappa shape index (κ2) is 6.23. The van der Waals surface area contributed by atoms with Gasteiger partial charge in [0.25, 0.3) is 11.9 Å². The second-order valence-corrected chi connectivity index (χ2v) is 4.38. The van der Waals surface area contributed by atoms with Gasteiger partial charge in [0.05, 0.1) is 6.20 Å². The molecule has 0 bridgehead atoms. The molecule has 20 heavy (non-hydrogen) atoms. The number of oxazole rings is 1. The number of aromatic nitrogens is 1. The highest BCUT2D eigenvalue weighted by Gasteiger charge is 2.18. The van der Waals surface area contributed by atoms with E-state index < -0.39 is 0 Å². The van der Waals surface area contributed by atoms with Crippen LogP contribution in [0.3, 0.4) is 0 Å². The molecule has 0 radical (unpaired) electrons. The summed E-state index contributed by atoms with van der Waals surface area (Å²) < 4.78 is 5.65. The Morgan fingerprint density at radius 1 is 1.20 bits per heavy atom. The number of hydrogen-bond donors (Lipinski definition) is 0. The molecule has 0 saturated heterocycles. The van der Waals surface area contributed by atoms with Gasteiger partial charge in [-0.2, -0.15) is 4.98 Å². The molecule has 1 amide bonds. The fourth-order valence-electron chi connectivity index (χ4n) is 1.93. The average molecular weight is 273 g/mol. The highest BCUT2D eigenvalue weighted by atomic mass is 16.4. The minimum atomic E-state index is -0.118. The van der Waals surface area contributed by atoms with Gasteiger partial charge in [-0.3, -0.25) is 9.69 Å². The van der Waals surface area contributed by atoms with Crippen molar-refractivity contribution in [1.82, 2.24) is 4.98 Å². The molecule has 0 aliphatic heterocycles. The molecule has 0 unspecified atom stereocenters. The van der Waals surface area contributed by atoms with Crippen molar-refractivity contribution in [2.75, 3.05) is 29.9 Å². The Bertz CT molecular complexity index is 562. The van der Waals surface area contributed by atoms with Gasteiger partial charge < -0.3 is 9.32 Å². The largest absolute Gasteiger partial charge is 0.407 e. The van der Waals surface area contributed by atoms with E-state index in [-0.39, 0.29) is 5.91 Å². The molecule has 2 rings (SSSR count). The third kappa shape index (κ3) is 2.82. The van der Waals surface area contributed by atoms with Gasteiger partial charge in [0, 0.05) is 25.7 Å². The fraction of sp³-hybridized carbons (Fsp3) is 0.333. The number of hydrogen-bond acceptors (Lipinski definition) is 4. The summed E-state index contributed by atoms with van der Waals surface area (Å²) in [6, 6.07) is 9.65. The van der Waals surface area contributed by atoms with Crippen LogP contribution >= 0.6 is 0 Å². The highest BCUT2D eigenvalue weighted by molar-refractivity contribution is 6.04. The zero-order chi connectivity index (χ0) is 14.5. The first-order valence-electron chi connectivity index (χ1n) is 6.71. The predicted octanol–water partition coefficient (Wildman–Crippen LogP) is 2.80. The summed E-state index contributed by atoms with van der Waals surface area (Å²) in [5.74, 6) is 0.327. The van der Waals surface area contributed by atoms with Gasteiger partial charge in [0.15, 0.2) is 0 Å². The smallest absolute Gasteiger partial charge is 0.299 e. The Morgan fingerprint density at radius 2 is 1.85 bits per heavy atom. The zero-order valence-corrected chi connectivity index (χ0v) is 12.0. The maximum Gasteiger partial charge on any atom is 0.299 e. The molecule has 0 fully saturated rings. The Labute approximate surface area is 118 Å². The molecule has 2 aromatic rings. The van der Waals surface area contributed by atoms with Crippen molar-refractivity contribution >= 4 is 17.8 Å². The van der Waals surface area contributed by atoms with Crippen LogP contribution in [0.2, 0.25) is 0 Å². The molecular formula is C15H19N3O2. The molecule has 5 heteroatoms. The summed E-state index contributed by atoms with van der Waals surface area (Å²) in [5.41, 5.74) is 0.621. The molecule has 0 aliphatic rings. The minimum Gasteiger partial charge on any atom is -0.407 e. The lowest BCUT2D eigenvalue weighted by molar-refractivity contribution is 0.0989. The number of benzene rings is 1. The Kier molecular flexibility index (Phi) is 4.40. The summed E-state index contributed by atoms with van der Waals surface area (Å²) >= 11 is 0. The Balaban J connectivity index is 2.17. The van der Waals surface area contributed by atoms with Crippen molar-refractivity contribution in [3.63, 3.8) is 0 Å². The van der Waals surface area contributed by atoms with Crippen LogP contribution in [-0.4, -0.2) is 31.0 Å². The molecule has 0 spiro atoms. The molecule has 106 valence electrons. The lowest BCUT2D eigenvalue weighted by atomic mass is 10.2. The van der Waals surface area contributed by atoms with Crippen molar-refractivity contribution in [3.05, 3.63) is 42.1 Å². The first kappa shape index (κ1) is 14.1. The van der Waals surface area contributed by atoms with Gasteiger partial charge >= 0.3 is 0 Å². The topological polar surface area (TPSA) is 49.6 Å². The number of rotatable bonds is 5. The minimum absolute atomic E-state index is 0.118. The third-order valence-corrected chi connectivity index (χ3v) is 3.17. The molecular weight excluding hydrogens is 254 g/mol. The van der Waals surface area contributed by atoms with Crippen molar-refractivity contribution in [1.29, 1.82) is 0 Å². The van der Waals surface area contributed by atoms with Crippen LogP contribution in [-0.2, 0) is 0 Å². The molecule has 0 saturated carbocycles. The van der Waals surface area contributed by atoms with E-state index in [1.54, 1.807) is 25.4 Å². The predicted molar refractivity (Wildman–Crippen MR) is 79.2 cm³/mol. The number of carbonyl (C=O) groups excluding carboxylic acids is 1. The third-order valence-electron chi connectivity index (χ3n) is 3.17. The van der Waals surface area contributed by atoms with Gasteiger partial charge in [-0.15, -0.1) is 0 Å². The number of nitrogens with zero attached hydrogens (tertiary/aromatic N) is 3. The van der Waals surface area contributed by atoms with E-state index in [1.807, 2.05) is 36.9 Å². The van der Waals surface area contributed by atoms with Crippen LogP contribution < -0.4 is 9.80 Å². The lowest BCUT2D eigenvalue weighted by Crippen LogP contribution is -2.25. The van der Waals surface area contributed by atoms with Crippen LogP contribution in [0, 0.1) is 0 Å². The van der Waals surface area contributed by atoms with Crippen LogP contribution in [0.1, 0.15) is 24.2 Å². The van der Waals surface area contributed by atoms with Crippen molar-refractivity contribution in [2.45, 2.75) is 13.8 Å². The van der Waals surface area contributed by atoms with Gasteiger partial charge in [0.2, 0.25) is 5.88 Å². The van der Waals surface area contributed by atoms with E-state index in [0.717, 1.165) is 13.1 Å². The maximum absolute atomic E-state index is 12.3. The van der Waals surface area contributed by atoms with Crippen molar-refractivity contribution < 1.29 is 9.21 Å². The van der Waals surface area contributed by atoms with E-state index in [9.17, 15) is 4.79 Å². The molecule has 1 aromatic carbocycles. The molecule has 1 aromatic heterocycles. The summed E-state index contributed by atoms with van der Waals surface area (Å²) in [4.78, 5) is 20.0. The van der Waals surface area contributed by atoms with Crippen molar-refractivity contribution in [2.24, 2.45) is 0 Å². The standard InChI is InChI=1S/C15H19N3O2/c1-4-18(5-2)15-16-11-13(20-15)17(3)14(19)12-9-7-6-8-10-12/h6-11H,4-5H2,1-3H3. The molecule has 0 aliphatic carbocycles. The first-order valence-corrected chi connectivity index (χ1v) is 6.71. The molecule has 0 atom stereocenters. The first-order chi connectivity index (χ1) is 9.67. The van der Waals surface area contributed by atoms with E-state index in [2.05, 4.69) is 4.98 Å². The monoisotopic (exact) mass is 273 g/mol. The Morgan fingerprint density at radius 3 is 2.45 bits per heavy atom. The number of anilines is 2. The quantitative estimate of drug-likeness (QED) is 0.840. The van der Waals surface area contributed by atoms with E-state index in [1.165, 1.54) is 4.90 Å². The number of carbonyl (C=O) groups is 1. The van der Waals surface area contributed by atoms with Gasteiger partial charge in [-0.25, -0.2) is 0 Å². The van der Waals surface area contributed by atoms with Gasteiger partial charge in [-0.1, -0.05) is 18.2 Å². The maximum atomic E-state index is 12.3. The van der Waals surface area contributed by atoms with E-state index >= 15 is 0 Å². The van der Waals surface area contributed by atoms with Crippen molar-refractivity contribution in [3.8, 4) is 0 Å². The average Bonchev–Trinajstić information content (AvgIpc) is 2.97. The van der Waals surface area contributed by atoms with Gasteiger partial charge in [-0.05, 0) is 26.0 Å². The second-order valence-electron chi connectivity index (χ2n) is 4.38. The summed E-state index contributed by atoms with van der Waals surface area (Å²) in [7, 11) is 1.68. The molecule has 1 heterocycles. The van der Waals surface area contributed by atoms with E-state index in [0.29, 0.717) is 17.5 Å². The molecule has 5 nitrogen and oxygen atoms in total. The Hall–Kier alpha value is -2.30. The SMILES string of the molecule is CCN(CC)c1ncc(N(C)C(=O)c2ccccc2)o1. The molecule has 0 N–H and O–H groups in total. The van der Waals surface area contributed by atoms with Crippen LogP contribution in [0.25, 0.3) is 0 Å². The van der Waals surface area contributed by atoms with Crippen LogP contribution in [0.15, 0.2) is 40.9 Å². The van der Waals surface area contributed by atoms with E-state index in [4.69, 9.17) is 4.42 Å². The van der Waals surface area contributed by atoms with Gasteiger partial charge in [0.1, 0.15) is 0 Å². The zero-order valence-electron chi connectivity index (χ0n) is 12.0. The fourth-order valence-corrected chi connectivity index (χ4v) is 1.93. The van der Waals surface area contributed by atoms with Crippen LogP contribution in [0.4, 0.5) is 11.9 Å². The summed E-state index contributed by atoms with van der Waals surface area (Å²) in [6.07, 6.45) is 1.58.